The fourth-order valence-electron chi connectivity index (χ4n) is 3.99. The zero-order chi connectivity index (χ0) is 26.9. The number of carboxylic acid groups (broad SMARTS) is 1. The number of hydrogen-bond acceptors (Lipinski definition) is 6. The molecule has 0 aliphatic heterocycles. The summed E-state index contributed by atoms with van der Waals surface area (Å²) in [6.45, 7) is 4.27. The maximum atomic E-state index is 12.4. The fraction of sp³-hybridized carbons (Fsp3) is 0.194. The first-order valence-corrected chi connectivity index (χ1v) is 13.2. The number of nitrogens with zero attached hydrogens (tertiary/aromatic N) is 1. The molecule has 4 aromatic rings. The highest BCUT2D eigenvalue weighted by atomic mass is 32.1. The Bertz CT molecular complexity index is 1400. The number of hydrogen-bond donors (Lipinski definition) is 2. The molecular formula is C31H30N2O4S. The lowest BCUT2D eigenvalue weighted by Gasteiger charge is -2.16. The van der Waals surface area contributed by atoms with Crippen LogP contribution < -0.4 is 10.1 Å². The van der Waals surface area contributed by atoms with E-state index in [9.17, 15) is 14.7 Å². The van der Waals surface area contributed by atoms with Gasteiger partial charge < -0.3 is 15.2 Å². The molecule has 3 aromatic carbocycles. The van der Waals surface area contributed by atoms with Crippen LogP contribution in [0.3, 0.4) is 0 Å². The smallest absolute Gasteiger partial charge is 0.326 e. The molecule has 1 heterocycles. The molecule has 1 atom stereocenters. The number of aromatic nitrogens is 1. The third kappa shape index (κ3) is 7.40. The van der Waals surface area contributed by atoms with E-state index in [1.165, 1.54) is 11.0 Å². The zero-order valence-corrected chi connectivity index (χ0v) is 22.2. The van der Waals surface area contributed by atoms with E-state index in [4.69, 9.17) is 9.72 Å². The molecule has 38 heavy (non-hydrogen) atoms. The summed E-state index contributed by atoms with van der Waals surface area (Å²) < 4.78 is 5.92. The van der Waals surface area contributed by atoms with Crippen LogP contribution in [0.15, 0.2) is 96.7 Å². The van der Waals surface area contributed by atoms with Gasteiger partial charge in [-0.05, 0) is 31.5 Å². The van der Waals surface area contributed by atoms with Gasteiger partial charge in [-0.25, -0.2) is 9.78 Å². The number of carbonyl (C=O) groups excluding carboxylic acids is 1. The van der Waals surface area contributed by atoms with Gasteiger partial charge in [0.25, 0.3) is 0 Å². The first-order valence-electron chi connectivity index (χ1n) is 12.4. The van der Waals surface area contributed by atoms with Crippen LogP contribution in [0.2, 0.25) is 0 Å². The third-order valence-electron chi connectivity index (χ3n) is 5.99. The summed E-state index contributed by atoms with van der Waals surface area (Å²) in [7, 11) is 0. The lowest BCUT2D eigenvalue weighted by Crippen LogP contribution is -2.37. The standard InChI is InChI=1S/C31H30N2O4S/c1-21(19-29(34)24-9-5-3-6-10-24)32-28(31(35)36)20-23-13-15-26(16-14-23)37-18-17-27-22(2)38-30(33-27)25-11-7-4-8-12-25/h3-16,19,28,32H,17-18,20H2,1-2H3,(H,35,36)/b21-19-/t28-/m0/s1. The first kappa shape index (κ1) is 26.8. The number of benzene rings is 3. The van der Waals surface area contributed by atoms with Crippen molar-refractivity contribution in [1.82, 2.24) is 10.3 Å². The molecule has 0 aliphatic rings. The van der Waals surface area contributed by atoms with Crippen molar-refractivity contribution in [2.75, 3.05) is 6.61 Å². The van der Waals surface area contributed by atoms with Crippen LogP contribution in [0, 0.1) is 6.92 Å². The Morgan fingerprint density at radius 3 is 2.32 bits per heavy atom. The average Bonchev–Trinajstić information content (AvgIpc) is 3.30. The summed E-state index contributed by atoms with van der Waals surface area (Å²) in [5, 5.41) is 13.7. The van der Waals surface area contributed by atoms with E-state index < -0.39 is 12.0 Å². The number of carboxylic acids is 1. The highest BCUT2D eigenvalue weighted by Gasteiger charge is 2.18. The van der Waals surface area contributed by atoms with Gasteiger partial charge in [0.15, 0.2) is 5.78 Å². The predicted octanol–water partition coefficient (Wildman–Crippen LogP) is 6.11. The van der Waals surface area contributed by atoms with E-state index in [1.807, 2.05) is 48.5 Å². The van der Waals surface area contributed by atoms with Gasteiger partial charge in [0.1, 0.15) is 16.8 Å². The summed E-state index contributed by atoms with van der Waals surface area (Å²) in [4.78, 5) is 30.2. The topological polar surface area (TPSA) is 88.5 Å². The van der Waals surface area contributed by atoms with Gasteiger partial charge in [0, 0.05) is 40.6 Å². The largest absolute Gasteiger partial charge is 0.493 e. The molecule has 0 saturated carbocycles. The van der Waals surface area contributed by atoms with Crippen molar-refractivity contribution in [3.8, 4) is 16.3 Å². The minimum absolute atomic E-state index is 0.176. The normalized spacial score (nSPS) is 12.1. The second-order valence-corrected chi connectivity index (χ2v) is 10.1. The molecule has 1 aromatic heterocycles. The molecule has 0 saturated heterocycles. The van der Waals surface area contributed by atoms with E-state index in [0.717, 1.165) is 21.8 Å². The van der Waals surface area contributed by atoms with E-state index in [1.54, 1.807) is 42.5 Å². The van der Waals surface area contributed by atoms with E-state index >= 15 is 0 Å². The maximum absolute atomic E-state index is 12.4. The van der Waals surface area contributed by atoms with Crippen molar-refractivity contribution in [2.45, 2.75) is 32.7 Å². The van der Waals surface area contributed by atoms with Gasteiger partial charge in [0.2, 0.25) is 0 Å². The van der Waals surface area contributed by atoms with Crippen LogP contribution in [0.1, 0.15) is 33.4 Å². The monoisotopic (exact) mass is 526 g/mol. The van der Waals surface area contributed by atoms with Crippen molar-refractivity contribution >= 4 is 23.1 Å². The minimum Gasteiger partial charge on any atom is -0.493 e. The fourth-order valence-corrected chi connectivity index (χ4v) is 4.95. The molecule has 4 rings (SSSR count). The molecule has 0 bridgehead atoms. The quantitative estimate of drug-likeness (QED) is 0.171. The predicted molar refractivity (Wildman–Crippen MR) is 151 cm³/mol. The van der Waals surface area contributed by atoms with Crippen LogP contribution in [-0.4, -0.2) is 34.5 Å². The third-order valence-corrected chi connectivity index (χ3v) is 7.05. The Balaban J connectivity index is 1.30. The lowest BCUT2D eigenvalue weighted by molar-refractivity contribution is -0.139. The number of ketones is 1. The number of thiazole rings is 1. The highest BCUT2D eigenvalue weighted by molar-refractivity contribution is 7.15. The van der Waals surface area contributed by atoms with Gasteiger partial charge in [-0.15, -0.1) is 11.3 Å². The number of ether oxygens (including phenoxy) is 1. The average molecular weight is 527 g/mol. The minimum atomic E-state index is -0.987. The van der Waals surface area contributed by atoms with Crippen molar-refractivity contribution in [3.05, 3.63) is 118 Å². The number of aliphatic carboxylic acids is 1. The van der Waals surface area contributed by atoms with E-state index in [-0.39, 0.29) is 12.2 Å². The van der Waals surface area contributed by atoms with Crippen molar-refractivity contribution in [3.63, 3.8) is 0 Å². The SMILES string of the molecule is C/C(=C/C(=O)c1ccccc1)N[C@@H](Cc1ccc(OCCc2nc(-c3ccccc3)sc2C)cc1)C(=O)O. The lowest BCUT2D eigenvalue weighted by atomic mass is 10.1. The Kier molecular flexibility index (Phi) is 9.06. The van der Waals surface area contributed by atoms with Gasteiger partial charge in [-0.3, -0.25) is 4.79 Å². The van der Waals surface area contributed by atoms with Crippen LogP contribution in [0.4, 0.5) is 0 Å². The second-order valence-electron chi connectivity index (χ2n) is 8.93. The van der Waals surface area contributed by atoms with Crippen LogP contribution in [0.25, 0.3) is 10.6 Å². The Morgan fingerprint density at radius 1 is 1.00 bits per heavy atom. The van der Waals surface area contributed by atoms with Crippen molar-refractivity contribution < 1.29 is 19.4 Å². The molecule has 2 N–H and O–H groups in total. The molecule has 0 amide bonds. The molecule has 0 fully saturated rings. The highest BCUT2D eigenvalue weighted by Crippen LogP contribution is 2.27. The van der Waals surface area contributed by atoms with Crippen LogP contribution in [0.5, 0.6) is 5.75 Å². The van der Waals surface area contributed by atoms with Gasteiger partial charge in [-0.1, -0.05) is 72.8 Å². The number of rotatable bonds is 12. The molecule has 0 spiro atoms. The van der Waals surface area contributed by atoms with Gasteiger partial charge >= 0.3 is 5.97 Å². The Labute approximate surface area is 226 Å². The number of nitrogens with one attached hydrogen (secondary N) is 1. The molecule has 7 heteroatoms. The number of aryl methyl sites for hydroxylation is 1. The molecule has 6 nitrogen and oxygen atoms in total. The van der Waals surface area contributed by atoms with Gasteiger partial charge in [0.05, 0.1) is 12.3 Å². The summed E-state index contributed by atoms with van der Waals surface area (Å²) in [6.07, 6.45) is 2.39. The molecule has 0 radical (unpaired) electrons. The zero-order valence-electron chi connectivity index (χ0n) is 21.4. The summed E-state index contributed by atoms with van der Waals surface area (Å²) in [5.74, 6) is -0.446. The van der Waals surface area contributed by atoms with Crippen molar-refractivity contribution in [2.24, 2.45) is 0 Å². The summed E-state index contributed by atoms with van der Waals surface area (Å²) in [5.41, 5.74) is 4.06. The summed E-state index contributed by atoms with van der Waals surface area (Å²) >= 11 is 1.69. The number of carbonyl (C=O) groups is 2. The van der Waals surface area contributed by atoms with Crippen LogP contribution >= 0.6 is 11.3 Å². The van der Waals surface area contributed by atoms with Crippen molar-refractivity contribution in [1.29, 1.82) is 0 Å². The molecule has 0 aliphatic carbocycles. The maximum Gasteiger partial charge on any atom is 0.326 e. The first-order chi connectivity index (χ1) is 18.4. The van der Waals surface area contributed by atoms with Crippen LogP contribution in [-0.2, 0) is 17.6 Å². The van der Waals surface area contributed by atoms with E-state index in [0.29, 0.717) is 30.0 Å². The number of allylic oxidation sites excluding steroid dienone is 2. The van der Waals surface area contributed by atoms with E-state index in [2.05, 4.69) is 24.4 Å². The van der Waals surface area contributed by atoms with Gasteiger partial charge in [-0.2, -0.15) is 0 Å². The summed E-state index contributed by atoms with van der Waals surface area (Å²) in [6, 6.07) is 25.6. The molecular weight excluding hydrogens is 496 g/mol. The molecule has 194 valence electrons. The molecule has 0 unspecified atom stereocenters. The second kappa shape index (κ2) is 12.8. The Hall–Kier alpha value is -4.23. The Morgan fingerprint density at radius 2 is 1.66 bits per heavy atom.